The van der Waals surface area contributed by atoms with Crippen LogP contribution in [0.2, 0.25) is 0 Å². The molecule has 142 valence electrons. The Hall–Kier alpha value is -1.60. The Balaban J connectivity index is 0. The molecule has 0 aromatic heterocycles. The Kier molecular flexibility index (Phi) is 20.0. The van der Waals surface area contributed by atoms with Gasteiger partial charge in [0.25, 0.3) is 0 Å². The normalized spacial score (nSPS) is 9.62. The second kappa shape index (κ2) is 19.4. The van der Waals surface area contributed by atoms with E-state index in [1.165, 1.54) is 0 Å². The Morgan fingerprint density at radius 1 is 1.00 bits per heavy atom. The van der Waals surface area contributed by atoms with Crippen LogP contribution in [0.1, 0.15) is 46.5 Å². The third kappa shape index (κ3) is 20.4. The number of amides is 2. The highest BCUT2D eigenvalue weighted by Gasteiger charge is 2.01. The lowest BCUT2D eigenvalue weighted by Crippen LogP contribution is -2.29. The Morgan fingerprint density at radius 2 is 1.62 bits per heavy atom. The largest absolute Gasteiger partial charge is 0.512 e. The van der Waals surface area contributed by atoms with Gasteiger partial charge in [0.2, 0.25) is 11.8 Å². The minimum atomic E-state index is 0.000114. The SMILES string of the molecule is C=C(O)CNCCOCCNC(=O)CCCCNC(=O)CC.CC. The summed E-state index contributed by atoms with van der Waals surface area (Å²) in [7, 11) is 0. The molecule has 7 heteroatoms. The van der Waals surface area contributed by atoms with Gasteiger partial charge in [0.05, 0.1) is 25.5 Å². The molecule has 2 amide bonds. The van der Waals surface area contributed by atoms with Gasteiger partial charge in [-0.25, -0.2) is 0 Å². The lowest BCUT2D eigenvalue weighted by atomic mass is 10.2. The van der Waals surface area contributed by atoms with E-state index >= 15 is 0 Å². The van der Waals surface area contributed by atoms with Gasteiger partial charge in [0, 0.05) is 32.5 Å². The molecule has 0 aromatic carbocycles. The quantitative estimate of drug-likeness (QED) is 0.282. The number of aliphatic hydroxyl groups is 1. The third-order valence-corrected chi connectivity index (χ3v) is 2.79. The van der Waals surface area contributed by atoms with E-state index in [9.17, 15) is 9.59 Å². The molecular weight excluding hydrogens is 310 g/mol. The maximum atomic E-state index is 11.5. The monoisotopic (exact) mass is 345 g/mol. The van der Waals surface area contributed by atoms with Crippen LogP contribution in [0.5, 0.6) is 0 Å². The molecule has 0 radical (unpaired) electrons. The third-order valence-electron chi connectivity index (χ3n) is 2.79. The highest BCUT2D eigenvalue weighted by Crippen LogP contribution is 1.94. The summed E-state index contributed by atoms with van der Waals surface area (Å²) in [4.78, 5) is 22.5. The van der Waals surface area contributed by atoms with Crippen molar-refractivity contribution in [3.05, 3.63) is 12.3 Å². The fraction of sp³-hybridized carbons (Fsp3) is 0.765. The Labute approximate surface area is 146 Å². The molecule has 0 saturated carbocycles. The molecule has 0 bridgehead atoms. The zero-order valence-corrected chi connectivity index (χ0v) is 15.5. The van der Waals surface area contributed by atoms with Crippen LogP contribution < -0.4 is 16.0 Å². The van der Waals surface area contributed by atoms with E-state index in [0.29, 0.717) is 52.2 Å². The highest BCUT2D eigenvalue weighted by atomic mass is 16.5. The summed E-state index contributed by atoms with van der Waals surface area (Å²) in [5.41, 5.74) is 0. The van der Waals surface area contributed by atoms with Crippen LogP contribution in [0, 0.1) is 0 Å². The Morgan fingerprint density at radius 3 is 2.25 bits per heavy atom. The van der Waals surface area contributed by atoms with E-state index in [1.54, 1.807) is 0 Å². The van der Waals surface area contributed by atoms with Crippen LogP contribution in [0.25, 0.3) is 0 Å². The smallest absolute Gasteiger partial charge is 0.220 e. The predicted molar refractivity (Wildman–Crippen MR) is 97.0 cm³/mol. The number of carbonyl (C=O) groups is 2. The number of rotatable bonds is 14. The molecule has 0 heterocycles. The molecule has 0 unspecified atom stereocenters. The van der Waals surface area contributed by atoms with Crippen molar-refractivity contribution >= 4 is 11.8 Å². The van der Waals surface area contributed by atoms with Gasteiger partial charge in [-0.15, -0.1) is 0 Å². The van der Waals surface area contributed by atoms with Gasteiger partial charge in [0.1, 0.15) is 0 Å². The van der Waals surface area contributed by atoms with Crippen molar-refractivity contribution in [2.75, 3.05) is 39.4 Å². The standard InChI is InChI=1S/C15H29N3O4.C2H6/c1-3-14(20)17-7-5-4-6-15(21)18-9-11-22-10-8-16-12-13(2)19;1-2/h16,19H,2-12H2,1H3,(H,17,20)(H,18,21);1-2H3. The molecule has 0 spiro atoms. The molecule has 0 rings (SSSR count). The molecule has 0 aliphatic carbocycles. The highest BCUT2D eigenvalue weighted by molar-refractivity contribution is 5.76. The number of nitrogens with one attached hydrogen (secondary N) is 3. The molecule has 0 aliphatic heterocycles. The second-order valence-electron chi connectivity index (χ2n) is 4.87. The first-order valence-electron chi connectivity index (χ1n) is 8.74. The van der Waals surface area contributed by atoms with Gasteiger partial charge in [-0.05, 0) is 12.8 Å². The molecule has 7 nitrogen and oxygen atoms in total. The predicted octanol–water partition coefficient (Wildman–Crippen LogP) is 1.50. The molecular formula is C17H35N3O4. The van der Waals surface area contributed by atoms with E-state index in [2.05, 4.69) is 22.5 Å². The average Bonchev–Trinajstić information content (AvgIpc) is 2.58. The van der Waals surface area contributed by atoms with Crippen LogP contribution in [-0.4, -0.2) is 56.3 Å². The lowest BCUT2D eigenvalue weighted by Gasteiger charge is -2.07. The van der Waals surface area contributed by atoms with Crippen molar-refractivity contribution in [1.29, 1.82) is 0 Å². The number of hydrogen-bond donors (Lipinski definition) is 4. The van der Waals surface area contributed by atoms with Gasteiger partial charge in [-0.1, -0.05) is 27.4 Å². The van der Waals surface area contributed by atoms with Gasteiger partial charge >= 0.3 is 0 Å². The maximum absolute atomic E-state index is 11.5. The first kappa shape index (κ1) is 24.6. The van der Waals surface area contributed by atoms with Crippen LogP contribution in [-0.2, 0) is 14.3 Å². The fourth-order valence-electron chi connectivity index (χ4n) is 1.59. The zero-order valence-electron chi connectivity index (χ0n) is 15.5. The summed E-state index contributed by atoms with van der Waals surface area (Å²) in [5, 5.41) is 17.3. The van der Waals surface area contributed by atoms with E-state index in [0.717, 1.165) is 12.8 Å². The van der Waals surface area contributed by atoms with Gasteiger partial charge < -0.3 is 25.8 Å². The van der Waals surface area contributed by atoms with Crippen LogP contribution in [0.15, 0.2) is 12.3 Å². The van der Waals surface area contributed by atoms with Crippen LogP contribution in [0.3, 0.4) is 0 Å². The van der Waals surface area contributed by atoms with Gasteiger partial charge in [-0.3, -0.25) is 9.59 Å². The fourth-order valence-corrected chi connectivity index (χ4v) is 1.59. The topological polar surface area (TPSA) is 99.7 Å². The van der Waals surface area contributed by atoms with E-state index in [1.807, 2.05) is 20.8 Å². The molecule has 0 aromatic rings. The Bertz CT molecular complexity index is 336. The van der Waals surface area contributed by atoms with Crippen molar-refractivity contribution in [3.8, 4) is 0 Å². The van der Waals surface area contributed by atoms with Crippen molar-refractivity contribution in [2.45, 2.75) is 46.5 Å². The molecule has 4 N–H and O–H groups in total. The zero-order chi connectivity index (χ0) is 18.6. The van der Waals surface area contributed by atoms with Gasteiger partial charge in [0.15, 0.2) is 0 Å². The van der Waals surface area contributed by atoms with E-state index < -0.39 is 0 Å². The molecule has 0 fully saturated rings. The summed E-state index contributed by atoms with van der Waals surface area (Å²) in [6.07, 6.45) is 2.51. The average molecular weight is 345 g/mol. The van der Waals surface area contributed by atoms with E-state index in [4.69, 9.17) is 9.84 Å². The summed E-state index contributed by atoms with van der Waals surface area (Å²) >= 11 is 0. The van der Waals surface area contributed by atoms with E-state index in [-0.39, 0.29) is 17.6 Å². The molecule has 0 atom stereocenters. The number of hydrogen-bond acceptors (Lipinski definition) is 5. The van der Waals surface area contributed by atoms with Crippen LogP contribution in [0.4, 0.5) is 0 Å². The van der Waals surface area contributed by atoms with Crippen molar-refractivity contribution in [3.63, 3.8) is 0 Å². The number of carbonyl (C=O) groups excluding carboxylic acids is 2. The molecule has 24 heavy (non-hydrogen) atoms. The number of unbranched alkanes of at least 4 members (excludes halogenated alkanes) is 1. The minimum Gasteiger partial charge on any atom is -0.512 e. The van der Waals surface area contributed by atoms with Crippen molar-refractivity contribution in [2.24, 2.45) is 0 Å². The lowest BCUT2D eigenvalue weighted by molar-refractivity contribution is -0.121. The first-order valence-corrected chi connectivity index (χ1v) is 8.74. The summed E-state index contributed by atoms with van der Waals surface area (Å²) in [6, 6.07) is 0. The maximum Gasteiger partial charge on any atom is 0.220 e. The molecule has 0 saturated heterocycles. The van der Waals surface area contributed by atoms with Crippen molar-refractivity contribution in [1.82, 2.24) is 16.0 Å². The second-order valence-corrected chi connectivity index (χ2v) is 4.87. The van der Waals surface area contributed by atoms with Crippen molar-refractivity contribution < 1.29 is 19.4 Å². The van der Waals surface area contributed by atoms with Crippen LogP contribution >= 0.6 is 0 Å². The number of aliphatic hydroxyl groups excluding tert-OH is 1. The summed E-state index contributed by atoms with van der Waals surface area (Å²) in [5.74, 6) is 0.140. The number of ether oxygens (including phenoxy) is 1. The summed E-state index contributed by atoms with van der Waals surface area (Å²) in [6.45, 7) is 12.2. The minimum absolute atomic E-state index is 0.000114. The van der Waals surface area contributed by atoms with Gasteiger partial charge in [-0.2, -0.15) is 0 Å². The molecule has 0 aliphatic rings. The summed E-state index contributed by atoms with van der Waals surface area (Å²) < 4.78 is 5.31. The first-order chi connectivity index (χ1) is 11.6.